The predicted octanol–water partition coefficient (Wildman–Crippen LogP) is 2.33. The molecule has 1 spiro atoms. The molecule has 0 saturated carbocycles. The van der Waals surface area contributed by atoms with Gasteiger partial charge in [0, 0.05) is 19.2 Å². The normalized spacial score (nSPS) is 23.1. The zero-order valence-corrected chi connectivity index (χ0v) is 15.0. The molecule has 136 valence electrons. The van der Waals surface area contributed by atoms with Crippen molar-refractivity contribution in [2.45, 2.75) is 18.9 Å². The summed E-state index contributed by atoms with van der Waals surface area (Å²) in [4.78, 5) is 28.3. The fourth-order valence-corrected chi connectivity index (χ4v) is 3.80. The number of likely N-dealkylation sites (tertiary alicyclic amines) is 1. The van der Waals surface area contributed by atoms with E-state index in [9.17, 15) is 9.59 Å². The highest BCUT2D eigenvalue weighted by Gasteiger charge is 2.46. The van der Waals surface area contributed by atoms with Crippen molar-refractivity contribution in [2.75, 3.05) is 33.3 Å². The quantitative estimate of drug-likeness (QED) is 0.830. The maximum atomic E-state index is 13.2. The number of aryl methyl sites for hydroxylation is 1. The van der Waals surface area contributed by atoms with Crippen molar-refractivity contribution in [3.63, 3.8) is 0 Å². The Morgan fingerprint density at radius 3 is 2.69 bits per heavy atom. The number of ether oxygens (including phenoxy) is 1. The molecule has 2 aliphatic heterocycles. The van der Waals surface area contributed by atoms with E-state index in [4.69, 9.17) is 9.15 Å². The van der Waals surface area contributed by atoms with Crippen molar-refractivity contribution < 1.29 is 18.7 Å². The molecule has 6 nitrogen and oxygen atoms in total. The molecular weight excluding hydrogens is 332 g/mol. The lowest BCUT2D eigenvalue weighted by Gasteiger charge is -2.38. The van der Waals surface area contributed by atoms with Crippen LogP contribution in [-0.2, 0) is 9.53 Å². The lowest BCUT2D eigenvalue weighted by Crippen LogP contribution is -2.54. The Morgan fingerprint density at radius 2 is 1.96 bits per heavy atom. The largest absolute Gasteiger partial charge is 0.461 e. The number of morpholine rings is 1. The molecule has 4 rings (SSSR count). The van der Waals surface area contributed by atoms with Gasteiger partial charge in [-0.15, -0.1) is 0 Å². The highest BCUT2D eigenvalue weighted by Crippen LogP contribution is 2.33. The number of benzene rings is 1. The lowest BCUT2D eigenvalue weighted by molar-refractivity contribution is -0.158. The molecule has 2 aromatic rings. The molecule has 2 saturated heterocycles. The Hall–Kier alpha value is -2.60. The molecule has 2 aliphatic rings. The van der Waals surface area contributed by atoms with Gasteiger partial charge in [-0.2, -0.15) is 0 Å². The number of nitrogens with zero attached hydrogens (tertiary/aromatic N) is 2. The Morgan fingerprint density at radius 1 is 1.19 bits per heavy atom. The summed E-state index contributed by atoms with van der Waals surface area (Å²) in [5.74, 6) is 1.24. The standard InChI is InChI=1S/C20H22N2O4/c1-14-10-16(18(26-14)15-6-4-3-5-7-15)19(24)22-9-8-20(13-22)12-21(2)17(23)11-25-20/h3-7,10H,8-9,11-13H2,1-2H3. The van der Waals surface area contributed by atoms with Gasteiger partial charge in [-0.05, 0) is 19.4 Å². The van der Waals surface area contributed by atoms with E-state index < -0.39 is 5.60 Å². The third kappa shape index (κ3) is 2.90. The summed E-state index contributed by atoms with van der Waals surface area (Å²) in [6, 6.07) is 11.5. The van der Waals surface area contributed by atoms with E-state index in [-0.39, 0.29) is 18.4 Å². The lowest BCUT2D eigenvalue weighted by atomic mass is 10.0. The second kappa shape index (κ2) is 6.29. The molecular formula is C20H22N2O4. The average molecular weight is 354 g/mol. The van der Waals surface area contributed by atoms with Gasteiger partial charge in [0.1, 0.15) is 23.7 Å². The summed E-state index contributed by atoms with van der Waals surface area (Å²) in [5, 5.41) is 0. The van der Waals surface area contributed by atoms with Gasteiger partial charge < -0.3 is 19.0 Å². The Balaban J connectivity index is 1.57. The summed E-state index contributed by atoms with van der Waals surface area (Å²) in [7, 11) is 1.78. The number of hydrogen-bond acceptors (Lipinski definition) is 4. The van der Waals surface area contributed by atoms with Gasteiger partial charge in [0.15, 0.2) is 0 Å². The Bertz CT molecular complexity index is 845. The summed E-state index contributed by atoms with van der Waals surface area (Å²) < 4.78 is 11.7. The van der Waals surface area contributed by atoms with Crippen LogP contribution < -0.4 is 0 Å². The van der Waals surface area contributed by atoms with Gasteiger partial charge >= 0.3 is 0 Å². The van der Waals surface area contributed by atoms with Crippen molar-refractivity contribution in [2.24, 2.45) is 0 Å². The highest BCUT2D eigenvalue weighted by molar-refractivity contribution is 6.00. The van der Waals surface area contributed by atoms with Gasteiger partial charge in [0.05, 0.1) is 18.7 Å². The molecule has 0 radical (unpaired) electrons. The first-order valence-electron chi connectivity index (χ1n) is 8.80. The van der Waals surface area contributed by atoms with Gasteiger partial charge in [-0.25, -0.2) is 0 Å². The molecule has 2 amide bonds. The van der Waals surface area contributed by atoms with Crippen molar-refractivity contribution >= 4 is 11.8 Å². The van der Waals surface area contributed by atoms with E-state index in [0.717, 1.165) is 12.0 Å². The third-order valence-electron chi connectivity index (χ3n) is 5.18. The zero-order valence-electron chi connectivity index (χ0n) is 15.0. The number of amides is 2. The number of likely N-dealkylation sites (N-methyl/N-ethyl adjacent to an activating group) is 1. The molecule has 1 aromatic heterocycles. The van der Waals surface area contributed by atoms with Gasteiger partial charge in [-0.3, -0.25) is 9.59 Å². The van der Waals surface area contributed by atoms with Crippen LogP contribution in [0.1, 0.15) is 22.5 Å². The maximum absolute atomic E-state index is 13.2. The van der Waals surface area contributed by atoms with Crippen LogP contribution in [0.3, 0.4) is 0 Å². The second-order valence-electron chi connectivity index (χ2n) is 7.16. The predicted molar refractivity (Wildman–Crippen MR) is 95.7 cm³/mol. The molecule has 3 heterocycles. The van der Waals surface area contributed by atoms with Gasteiger partial charge in [0.25, 0.3) is 5.91 Å². The molecule has 1 unspecified atom stereocenters. The molecule has 1 atom stereocenters. The molecule has 2 fully saturated rings. The van der Waals surface area contributed by atoms with E-state index in [2.05, 4.69) is 0 Å². The molecule has 0 N–H and O–H groups in total. The van der Waals surface area contributed by atoms with Crippen LogP contribution in [0.4, 0.5) is 0 Å². The van der Waals surface area contributed by atoms with Gasteiger partial charge in [-0.1, -0.05) is 30.3 Å². The number of furan rings is 1. The number of rotatable bonds is 2. The molecule has 0 aliphatic carbocycles. The fraction of sp³-hybridized carbons (Fsp3) is 0.400. The van der Waals surface area contributed by atoms with E-state index in [1.54, 1.807) is 22.9 Å². The minimum Gasteiger partial charge on any atom is -0.461 e. The van der Waals surface area contributed by atoms with Crippen LogP contribution >= 0.6 is 0 Å². The first kappa shape index (κ1) is 16.8. The van der Waals surface area contributed by atoms with Gasteiger partial charge in [0.2, 0.25) is 5.91 Å². The van der Waals surface area contributed by atoms with E-state index in [1.165, 1.54) is 0 Å². The SMILES string of the molecule is Cc1cc(C(=O)N2CCC3(CN(C)C(=O)CO3)C2)c(-c2ccccc2)o1. The highest BCUT2D eigenvalue weighted by atomic mass is 16.5. The molecule has 6 heteroatoms. The molecule has 26 heavy (non-hydrogen) atoms. The minimum absolute atomic E-state index is 0.0165. The minimum atomic E-state index is -0.454. The van der Waals surface area contributed by atoms with Crippen molar-refractivity contribution in [3.05, 3.63) is 47.7 Å². The van der Waals surface area contributed by atoms with Crippen LogP contribution in [0.25, 0.3) is 11.3 Å². The molecule has 1 aromatic carbocycles. The maximum Gasteiger partial charge on any atom is 0.257 e. The fourth-order valence-electron chi connectivity index (χ4n) is 3.80. The smallest absolute Gasteiger partial charge is 0.257 e. The first-order valence-corrected chi connectivity index (χ1v) is 8.80. The summed E-state index contributed by atoms with van der Waals surface area (Å²) >= 11 is 0. The van der Waals surface area contributed by atoms with E-state index in [1.807, 2.05) is 37.3 Å². The Labute approximate surface area is 152 Å². The average Bonchev–Trinajstić information content (AvgIpc) is 3.23. The van der Waals surface area contributed by atoms with E-state index in [0.29, 0.717) is 36.7 Å². The number of carbonyl (C=O) groups is 2. The zero-order chi connectivity index (χ0) is 18.3. The summed E-state index contributed by atoms with van der Waals surface area (Å²) in [6.45, 7) is 3.55. The monoisotopic (exact) mass is 354 g/mol. The first-order chi connectivity index (χ1) is 12.5. The second-order valence-corrected chi connectivity index (χ2v) is 7.16. The van der Waals surface area contributed by atoms with Crippen molar-refractivity contribution in [1.29, 1.82) is 0 Å². The van der Waals surface area contributed by atoms with Crippen LogP contribution in [0.15, 0.2) is 40.8 Å². The number of hydrogen-bond donors (Lipinski definition) is 0. The van der Waals surface area contributed by atoms with Crippen molar-refractivity contribution in [3.8, 4) is 11.3 Å². The van der Waals surface area contributed by atoms with Crippen molar-refractivity contribution in [1.82, 2.24) is 9.80 Å². The van der Waals surface area contributed by atoms with Crippen LogP contribution in [0.5, 0.6) is 0 Å². The van der Waals surface area contributed by atoms with Crippen LogP contribution in [0, 0.1) is 6.92 Å². The third-order valence-corrected chi connectivity index (χ3v) is 5.18. The summed E-state index contributed by atoms with van der Waals surface area (Å²) in [5.41, 5.74) is 1.01. The van der Waals surface area contributed by atoms with Crippen LogP contribution in [-0.4, -0.2) is 60.5 Å². The number of carbonyl (C=O) groups excluding carboxylic acids is 2. The van der Waals surface area contributed by atoms with E-state index >= 15 is 0 Å². The molecule has 0 bridgehead atoms. The van der Waals surface area contributed by atoms with Crippen LogP contribution in [0.2, 0.25) is 0 Å². The topological polar surface area (TPSA) is 63.0 Å². The summed E-state index contributed by atoms with van der Waals surface area (Å²) in [6.07, 6.45) is 0.730. The Kier molecular flexibility index (Phi) is 4.07.